The first kappa shape index (κ1) is 26.3. The first-order valence-electron chi connectivity index (χ1n) is 9.31. The van der Waals surface area contributed by atoms with Gasteiger partial charge in [0, 0.05) is 6.54 Å². The van der Waals surface area contributed by atoms with E-state index in [-0.39, 0.29) is 11.4 Å². The summed E-state index contributed by atoms with van der Waals surface area (Å²) in [7, 11) is 0. The monoisotopic (exact) mass is 317 g/mol. The molecule has 1 atom stereocenters. The highest BCUT2D eigenvalue weighted by Crippen LogP contribution is 2.33. The summed E-state index contributed by atoms with van der Waals surface area (Å²) in [5.74, 6) is 0.282. The lowest BCUT2D eigenvalue weighted by atomic mass is 9.75. The van der Waals surface area contributed by atoms with Gasteiger partial charge >= 0.3 is 5.97 Å². The molecule has 0 bridgehead atoms. The molecule has 0 rings (SSSR count). The number of likely N-dealkylation sites (N-methyl/N-ethyl adjacent to an activating group) is 1. The van der Waals surface area contributed by atoms with Crippen LogP contribution >= 0.6 is 0 Å². The smallest absolute Gasteiger partial charge is 0.312 e. The molecule has 0 aliphatic heterocycles. The van der Waals surface area contributed by atoms with Crippen LogP contribution < -0.4 is 0 Å². The molecule has 0 amide bonds. The van der Waals surface area contributed by atoms with Crippen LogP contribution in [0.5, 0.6) is 0 Å². The molecule has 136 valence electrons. The second kappa shape index (κ2) is 16.8. The van der Waals surface area contributed by atoms with E-state index in [1.54, 1.807) is 0 Å². The molecule has 22 heavy (non-hydrogen) atoms. The Balaban J connectivity index is -0.000000826. The Labute approximate surface area is 140 Å². The Morgan fingerprint density at radius 1 is 1.05 bits per heavy atom. The zero-order valence-corrected chi connectivity index (χ0v) is 17.1. The van der Waals surface area contributed by atoms with Crippen LogP contribution in [0.15, 0.2) is 0 Å². The maximum Gasteiger partial charge on any atom is 0.312 e. The molecule has 0 aromatic rings. The van der Waals surface area contributed by atoms with Crippen molar-refractivity contribution in [3.05, 3.63) is 0 Å². The molecule has 0 aliphatic rings. The molecule has 3 nitrogen and oxygen atoms in total. The Hall–Kier alpha value is -0.570. The van der Waals surface area contributed by atoms with E-state index < -0.39 is 0 Å². The van der Waals surface area contributed by atoms with Gasteiger partial charge in [-0.3, -0.25) is 4.79 Å². The van der Waals surface area contributed by atoms with Gasteiger partial charge < -0.3 is 9.64 Å². The summed E-state index contributed by atoms with van der Waals surface area (Å²) in [5, 5.41) is 0. The van der Waals surface area contributed by atoms with Crippen LogP contribution in [0.3, 0.4) is 0 Å². The molecule has 3 heteroatoms. The summed E-state index contributed by atoms with van der Waals surface area (Å²) in [5.41, 5.74) is -0.335. The van der Waals surface area contributed by atoms with E-state index in [1.807, 2.05) is 34.6 Å². The van der Waals surface area contributed by atoms with Gasteiger partial charge in [-0.05, 0) is 32.4 Å². The van der Waals surface area contributed by atoms with Gasteiger partial charge in [-0.15, -0.1) is 0 Å². The van der Waals surface area contributed by atoms with Gasteiger partial charge in [0.15, 0.2) is 0 Å². The molecule has 0 saturated heterocycles. The highest BCUT2D eigenvalue weighted by Gasteiger charge is 2.37. The van der Waals surface area contributed by atoms with Crippen molar-refractivity contribution in [3.63, 3.8) is 0 Å². The third kappa shape index (κ3) is 10.2. The van der Waals surface area contributed by atoms with E-state index in [0.717, 1.165) is 32.5 Å². The number of ether oxygens (including phenoxy) is 1. The van der Waals surface area contributed by atoms with Gasteiger partial charge in [0.1, 0.15) is 6.61 Å². The zero-order valence-electron chi connectivity index (χ0n) is 17.1. The number of hydrogen-bond donors (Lipinski definition) is 0. The van der Waals surface area contributed by atoms with Crippen LogP contribution in [-0.2, 0) is 9.53 Å². The number of rotatable bonds is 9. The fourth-order valence-corrected chi connectivity index (χ4v) is 2.12. The van der Waals surface area contributed by atoms with Crippen molar-refractivity contribution in [2.24, 2.45) is 11.3 Å². The summed E-state index contributed by atoms with van der Waals surface area (Å²) >= 11 is 0. The maximum absolute atomic E-state index is 12.2. The molecule has 0 aromatic carbocycles. The van der Waals surface area contributed by atoms with Gasteiger partial charge in [0.25, 0.3) is 0 Å². The molecule has 0 heterocycles. The molecule has 0 radical (unpaired) electrons. The van der Waals surface area contributed by atoms with Crippen molar-refractivity contribution in [2.75, 3.05) is 26.2 Å². The predicted octanol–water partition coefficient (Wildman–Crippen LogP) is 5.39. The summed E-state index contributed by atoms with van der Waals surface area (Å²) < 4.78 is 5.47. The summed E-state index contributed by atoms with van der Waals surface area (Å²) in [6.45, 7) is 23.9. The minimum Gasteiger partial charge on any atom is -0.464 e. The first-order valence-corrected chi connectivity index (χ1v) is 9.31. The average Bonchev–Trinajstić information content (AvgIpc) is 2.55. The molecule has 0 aromatic heterocycles. The lowest BCUT2D eigenvalue weighted by molar-refractivity contribution is -0.158. The van der Waals surface area contributed by atoms with Crippen molar-refractivity contribution in [2.45, 2.75) is 82.1 Å². The minimum absolute atomic E-state index is 0.0356. The van der Waals surface area contributed by atoms with Gasteiger partial charge in [-0.25, -0.2) is 0 Å². The second-order valence-electron chi connectivity index (χ2n) is 5.48. The van der Waals surface area contributed by atoms with Crippen molar-refractivity contribution < 1.29 is 9.53 Å². The van der Waals surface area contributed by atoms with Crippen molar-refractivity contribution in [3.8, 4) is 0 Å². The van der Waals surface area contributed by atoms with Gasteiger partial charge in [0.05, 0.1) is 5.41 Å². The lowest BCUT2D eigenvalue weighted by Gasteiger charge is -2.31. The molecular formula is C19H43NO2. The van der Waals surface area contributed by atoms with Crippen LogP contribution in [0.25, 0.3) is 0 Å². The van der Waals surface area contributed by atoms with Gasteiger partial charge in [-0.2, -0.15) is 0 Å². The topological polar surface area (TPSA) is 29.5 Å². The van der Waals surface area contributed by atoms with Crippen molar-refractivity contribution >= 4 is 5.97 Å². The van der Waals surface area contributed by atoms with Crippen LogP contribution in [0, 0.1) is 11.3 Å². The minimum atomic E-state index is -0.335. The molecular weight excluding hydrogens is 274 g/mol. The quantitative estimate of drug-likeness (QED) is 0.534. The average molecular weight is 318 g/mol. The Morgan fingerprint density at radius 3 is 1.82 bits per heavy atom. The number of hydrogen-bond acceptors (Lipinski definition) is 3. The summed E-state index contributed by atoms with van der Waals surface area (Å²) in [6.07, 6.45) is 1.91. The number of carbonyl (C=O) groups excluding carboxylic acids is 1. The van der Waals surface area contributed by atoms with E-state index in [0.29, 0.717) is 12.5 Å². The van der Waals surface area contributed by atoms with Crippen LogP contribution in [0.2, 0.25) is 0 Å². The highest BCUT2D eigenvalue weighted by atomic mass is 16.5. The fourth-order valence-electron chi connectivity index (χ4n) is 2.12. The number of carbonyl (C=O) groups is 1. The summed E-state index contributed by atoms with van der Waals surface area (Å²) in [4.78, 5) is 14.5. The summed E-state index contributed by atoms with van der Waals surface area (Å²) in [6, 6.07) is 0. The van der Waals surface area contributed by atoms with E-state index in [4.69, 9.17) is 4.74 Å². The third-order valence-electron chi connectivity index (χ3n) is 4.05. The Morgan fingerprint density at radius 2 is 1.50 bits per heavy atom. The SMILES string of the molecule is CC.CC.CCCC(C)(C(=O)OCCN(CC)CC)C(C)C. The second-order valence-corrected chi connectivity index (χ2v) is 5.48. The molecule has 0 aliphatic carbocycles. The third-order valence-corrected chi connectivity index (χ3v) is 4.05. The number of esters is 1. The molecule has 0 N–H and O–H groups in total. The van der Waals surface area contributed by atoms with Crippen molar-refractivity contribution in [1.29, 1.82) is 0 Å². The highest BCUT2D eigenvalue weighted by molar-refractivity contribution is 5.76. The maximum atomic E-state index is 12.2. The van der Waals surface area contributed by atoms with Crippen LogP contribution in [0.1, 0.15) is 82.1 Å². The first-order chi connectivity index (χ1) is 10.4. The van der Waals surface area contributed by atoms with Gasteiger partial charge in [-0.1, -0.05) is 68.7 Å². The van der Waals surface area contributed by atoms with Gasteiger partial charge in [0.2, 0.25) is 0 Å². The lowest BCUT2D eigenvalue weighted by Crippen LogP contribution is -2.37. The van der Waals surface area contributed by atoms with Crippen LogP contribution in [0.4, 0.5) is 0 Å². The molecule has 0 fully saturated rings. The van der Waals surface area contributed by atoms with E-state index in [1.165, 1.54) is 0 Å². The Bertz CT molecular complexity index is 238. The fraction of sp³-hybridized carbons (Fsp3) is 0.947. The zero-order chi connectivity index (χ0) is 18.2. The molecule has 0 spiro atoms. The Kier molecular flexibility index (Phi) is 20.1. The van der Waals surface area contributed by atoms with E-state index in [9.17, 15) is 4.79 Å². The van der Waals surface area contributed by atoms with Crippen LogP contribution in [-0.4, -0.2) is 37.1 Å². The molecule has 1 unspecified atom stereocenters. The van der Waals surface area contributed by atoms with E-state index >= 15 is 0 Å². The largest absolute Gasteiger partial charge is 0.464 e. The molecule has 0 saturated carbocycles. The standard InChI is InChI=1S/C15H31NO2.2C2H6/c1-7-10-15(6,13(4)5)14(17)18-12-11-16(8-2)9-3;2*1-2/h13H,7-12H2,1-6H3;2*1-2H3. The number of nitrogens with zero attached hydrogens (tertiary/aromatic N) is 1. The van der Waals surface area contributed by atoms with E-state index in [2.05, 4.69) is 39.5 Å². The normalized spacial score (nSPS) is 12.7. The van der Waals surface area contributed by atoms with Crippen molar-refractivity contribution in [1.82, 2.24) is 4.90 Å². The predicted molar refractivity (Wildman–Crippen MR) is 99.3 cm³/mol.